The van der Waals surface area contributed by atoms with E-state index in [0.717, 1.165) is 33.0 Å². The Morgan fingerprint density at radius 2 is 1.62 bits per heavy atom. The third kappa shape index (κ3) is 7.20. The lowest BCUT2D eigenvalue weighted by Gasteiger charge is -2.24. The first kappa shape index (κ1) is 29.6. The first-order valence-electron chi connectivity index (χ1n) is 9.26. The Morgan fingerprint density at radius 1 is 1.06 bits per heavy atom. The van der Waals surface area contributed by atoms with Gasteiger partial charge in [-0.25, -0.2) is 18.5 Å². The molecule has 2 rings (SSSR count). The lowest BCUT2D eigenvalue weighted by Crippen LogP contribution is -2.34. The van der Waals surface area contributed by atoms with E-state index in [1.165, 1.54) is 6.20 Å². The van der Waals surface area contributed by atoms with Crippen molar-refractivity contribution >= 4 is 36.1 Å². The summed E-state index contributed by atoms with van der Waals surface area (Å²) < 4.78 is 76.7. The number of aromatic amines is 1. The molecule has 1 aromatic rings. The molecule has 0 radical (unpaired) electrons. The van der Waals surface area contributed by atoms with E-state index in [0.29, 0.717) is 0 Å². The highest BCUT2D eigenvalue weighted by atomic mass is 32.1. The van der Waals surface area contributed by atoms with Crippen molar-refractivity contribution in [1.29, 1.82) is 0 Å². The summed E-state index contributed by atoms with van der Waals surface area (Å²) in [4.78, 5) is 26.0. The average molecular weight is 570 g/mol. The number of aliphatic hydroxyl groups excluding tert-OH is 1. The minimum absolute atomic E-state index is 0.0481. The minimum Gasteiger partial charge on any atom is -0.390 e. The Kier molecular flexibility index (Phi) is 10.5. The van der Waals surface area contributed by atoms with Gasteiger partial charge in [0.05, 0.1) is 12.7 Å². The van der Waals surface area contributed by atoms with Gasteiger partial charge in [-0.1, -0.05) is 0 Å². The molecule has 16 nitrogen and oxygen atoms in total. The van der Waals surface area contributed by atoms with Crippen LogP contribution in [0.1, 0.15) is 18.2 Å². The van der Waals surface area contributed by atoms with Crippen molar-refractivity contribution in [3.05, 3.63) is 32.6 Å². The van der Waals surface area contributed by atoms with Gasteiger partial charge >= 0.3 is 29.2 Å². The zero-order chi connectivity index (χ0) is 25.7. The van der Waals surface area contributed by atoms with Crippen LogP contribution < -0.4 is 11.2 Å². The Bertz CT molecular complexity index is 1100. The Hall–Kier alpha value is -0.640. The van der Waals surface area contributed by atoms with Crippen LogP contribution in [0.4, 0.5) is 0 Å². The molecule has 5 atom stereocenters. The number of thiol groups is 1. The highest BCUT2D eigenvalue weighted by molar-refractivity contribution is 7.79. The van der Waals surface area contributed by atoms with Crippen molar-refractivity contribution in [3.8, 4) is 0 Å². The maximum atomic E-state index is 12.8. The van der Waals surface area contributed by atoms with Gasteiger partial charge < -0.3 is 9.84 Å². The SMILES string of the molecule is COP(=O)(OC)OP(=O)(OC)OP(=O)(OC)OC[C@H]1O[C@@H](n2cc(CS)c(=O)[nH]c2=O)CC1O. The van der Waals surface area contributed by atoms with Crippen molar-refractivity contribution < 1.29 is 54.8 Å². The molecule has 34 heavy (non-hydrogen) atoms. The Balaban J connectivity index is 2.13. The molecule has 1 aliphatic heterocycles. The number of nitrogens with zero attached hydrogens (tertiary/aromatic N) is 1. The van der Waals surface area contributed by atoms with E-state index in [-0.39, 0.29) is 17.7 Å². The van der Waals surface area contributed by atoms with Crippen LogP contribution in [0.2, 0.25) is 0 Å². The number of phosphoric ester groups is 2. The molecule has 1 fully saturated rings. The van der Waals surface area contributed by atoms with Crippen LogP contribution in [0.5, 0.6) is 0 Å². The third-order valence-corrected chi connectivity index (χ3v) is 10.2. The van der Waals surface area contributed by atoms with E-state index >= 15 is 0 Å². The van der Waals surface area contributed by atoms with Gasteiger partial charge in [-0.05, 0) is 0 Å². The predicted molar refractivity (Wildman–Crippen MR) is 118 cm³/mol. The fraction of sp³-hybridized carbons (Fsp3) is 0.714. The van der Waals surface area contributed by atoms with Crippen LogP contribution in [0.25, 0.3) is 0 Å². The molecule has 1 saturated heterocycles. The number of hydrogen-bond acceptors (Lipinski definition) is 15. The van der Waals surface area contributed by atoms with E-state index in [1.807, 2.05) is 0 Å². The quantitative estimate of drug-likeness (QED) is 0.228. The average Bonchev–Trinajstić information content (AvgIpc) is 3.17. The van der Waals surface area contributed by atoms with Crippen molar-refractivity contribution in [3.63, 3.8) is 0 Å². The zero-order valence-corrected chi connectivity index (χ0v) is 22.0. The number of H-pyrrole nitrogens is 1. The van der Waals surface area contributed by atoms with Gasteiger partial charge in [-0.2, -0.15) is 21.3 Å². The lowest BCUT2D eigenvalue weighted by atomic mass is 10.2. The largest absolute Gasteiger partial charge is 0.492 e. The van der Waals surface area contributed by atoms with E-state index in [4.69, 9.17) is 13.6 Å². The molecule has 0 aliphatic carbocycles. The molecule has 3 unspecified atom stereocenters. The van der Waals surface area contributed by atoms with Crippen LogP contribution in [0.3, 0.4) is 0 Å². The van der Waals surface area contributed by atoms with Crippen molar-refractivity contribution in [2.75, 3.05) is 35.0 Å². The number of aromatic nitrogens is 2. The number of hydrogen-bond donors (Lipinski definition) is 3. The molecule has 0 bridgehead atoms. The van der Waals surface area contributed by atoms with Crippen LogP contribution in [0.15, 0.2) is 15.8 Å². The van der Waals surface area contributed by atoms with Gasteiger partial charge in [0.2, 0.25) is 0 Å². The molecular formula is C14H25N2O14P3S. The maximum Gasteiger partial charge on any atom is 0.492 e. The monoisotopic (exact) mass is 570 g/mol. The molecule has 1 aromatic heterocycles. The summed E-state index contributed by atoms with van der Waals surface area (Å²) in [7, 11) is -10.4. The van der Waals surface area contributed by atoms with Gasteiger partial charge in [-0.15, -0.1) is 0 Å². The van der Waals surface area contributed by atoms with Crippen LogP contribution in [-0.4, -0.2) is 61.9 Å². The van der Waals surface area contributed by atoms with Crippen LogP contribution in [-0.2, 0) is 55.4 Å². The number of nitrogens with one attached hydrogen (secondary N) is 1. The van der Waals surface area contributed by atoms with Gasteiger partial charge in [0.15, 0.2) is 0 Å². The van der Waals surface area contributed by atoms with Crippen molar-refractivity contribution in [2.24, 2.45) is 0 Å². The molecule has 2 heterocycles. The third-order valence-electron chi connectivity index (χ3n) is 4.42. The number of phosphoric acid groups is 3. The van der Waals surface area contributed by atoms with E-state index in [9.17, 15) is 28.4 Å². The first-order valence-corrected chi connectivity index (χ1v) is 14.3. The van der Waals surface area contributed by atoms with E-state index in [2.05, 4.69) is 40.0 Å². The fourth-order valence-electron chi connectivity index (χ4n) is 2.63. The number of ether oxygens (including phenoxy) is 1. The second-order valence-corrected chi connectivity index (χ2v) is 12.5. The molecule has 1 aliphatic rings. The molecule has 20 heteroatoms. The molecule has 0 aromatic carbocycles. The zero-order valence-electron chi connectivity index (χ0n) is 18.4. The molecule has 2 N–H and O–H groups in total. The second kappa shape index (κ2) is 12.1. The van der Waals surface area contributed by atoms with Gasteiger partial charge in [-0.3, -0.25) is 37.0 Å². The lowest BCUT2D eigenvalue weighted by molar-refractivity contribution is -0.0458. The summed E-state index contributed by atoms with van der Waals surface area (Å²) in [6.07, 6.45) is -2.21. The standard InChI is InChI=1S/C14H25N2O14P3S/c1-23-31(20,24-2)29-33(22,26-4)30-32(21,25-3)27-7-11-10(17)5-12(28-11)16-6-9(8-34)13(18)15-14(16)19/h6,10-12,17,34H,5,7-8H2,1-4H3,(H,15,18,19)/t10?,11-,12-,32?,33?/m1/s1. The summed E-state index contributed by atoms with van der Waals surface area (Å²) >= 11 is 4.01. The normalized spacial score (nSPS) is 24.6. The molecule has 196 valence electrons. The summed E-state index contributed by atoms with van der Waals surface area (Å²) in [5, 5.41) is 10.3. The topological polar surface area (TPSA) is 200 Å². The Labute approximate surface area is 199 Å². The number of aliphatic hydroxyl groups is 1. The summed E-state index contributed by atoms with van der Waals surface area (Å²) in [6.45, 7) is -0.629. The number of rotatable bonds is 13. The van der Waals surface area contributed by atoms with Crippen LogP contribution in [0, 0.1) is 0 Å². The summed E-state index contributed by atoms with van der Waals surface area (Å²) in [5.41, 5.74) is -1.19. The summed E-state index contributed by atoms with van der Waals surface area (Å²) in [6, 6.07) is 0. The highest BCUT2D eigenvalue weighted by Gasteiger charge is 2.46. The van der Waals surface area contributed by atoms with Crippen molar-refractivity contribution in [2.45, 2.75) is 30.6 Å². The predicted octanol–water partition coefficient (Wildman–Crippen LogP) is 1.57. The van der Waals surface area contributed by atoms with Crippen molar-refractivity contribution in [1.82, 2.24) is 9.55 Å². The first-order chi connectivity index (χ1) is 15.9. The Morgan fingerprint density at radius 3 is 2.15 bits per heavy atom. The minimum atomic E-state index is -4.87. The second-order valence-electron chi connectivity index (χ2n) is 6.44. The van der Waals surface area contributed by atoms with Gasteiger partial charge in [0.25, 0.3) is 5.56 Å². The smallest absolute Gasteiger partial charge is 0.390 e. The fourth-order valence-corrected chi connectivity index (χ4v) is 7.31. The van der Waals surface area contributed by atoms with Gasteiger partial charge in [0.1, 0.15) is 12.3 Å². The highest BCUT2D eigenvalue weighted by Crippen LogP contribution is 2.72. The molecule has 0 spiro atoms. The molecule has 0 amide bonds. The van der Waals surface area contributed by atoms with Gasteiger partial charge in [0, 0.05) is 52.4 Å². The molecular weight excluding hydrogens is 545 g/mol. The molecule has 0 saturated carbocycles. The summed E-state index contributed by atoms with van der Waals surface area (Å²) in [5.74, 6) is 0.0481. The van der Waals surface area contributed by atoms with E-state index < -0.39 is 59.8 Å². The maximum absolute atomic E-state index is 12.8. The van der Waals surface area contributed by atoms with Crippen LogP contribution >= 0.6 is 36.1 Å². The van der Waals surface area contributed by atoms with E-state index in [1.54, 1.807) is 0 Å².